The Morgan fingerprint density at radius 1 is 1.67 bits per heavy atom. The van der Waals surface area contributed by atoms with Gasteiger partial charge in [0.15, 0.2) is 0 Å². The van der Waals surface area contributed by atoms with Crippen molar-refractivity contribution < 1.29 is 17.7 Å². The molecule has 1 N–H and O–H groups in total. The van der Waals surface area contributed by atoms with Gasteiger partial charge in [-0.3, -0.25) is 4.55 Å². The van der Waals surface area contributed by atoms with Gasteiger partial charge in [0.2, 0.25) is 0 Å². The lowest BCUT2D eigenvalue weighted by Gasteiger charge is -1.93. The first kappa shape index (κ1) is 8.87. The molecule has 0 fully saturated rings. The highest BCUT2D eigenvalue weighted by molar-refractivity contribution is 7.85. The smallest absolute Gasteiger partial charge is 0.265 e. The first-order valence-corrected chi connectivity index (χ1v) is 3.93. The Morgan fingerprint density at radius 3 is 2.56 bits per heavy atom. The van der Waals surface area contributed by atoms with Crippen LogP contribution >= 0.6 is 0 Å². The highest BCUT2D eigenvalue weighted by Crippen LogP contribution is 1.85. The average Bonchev–Trinajstić information content (AvgIpc) is 1.63. The second-order valence-electron chi connectivity index (χ2n) is 1.49. The molecule has 0 atom stereocenters. The molecule has 0 heterocycles. The number of hydrogen-bond donors (Lipinski definition) is 1. The molecule has 0 rings (SSSR count). The third-order valence-corrected chi connectivity index (χ3v) is 1.27. The fourth-order valence-electron chi connectivity index (χ4n) is 0.315. The zero-order chi connectivity index (χ0) is 7.33. The van der Waals surface area contributed by atoms with Gasteiger partial charge in [-0.1, -0.05) is 0 Å². The van der Waals surface area contributed by atoms with Crippen molar-refractivity contribution in [2.45, 2.75) is 0 Å². The largest absolute Gasteiger partial charge is 0.384 e. The minimum atomic E-state index is -3.83. The molecule has 1 radical (unpaired) electrons. The number of rotatable bonds is 4. The lowest BCUT2D eigenvalue weighted by Crippen LogP contribution is -2.06. The van der Waals surface area contributed by atoms with E-state index in [0.717, 1.165) is 0 Å². The maximum atomic E-state index is 9.97. The average molecular weight is 153 g/mol. The van der Waals surface area contributed by atoms with Gasteiger partial charge < -0.3 is 4.74 Å². The normalized spacial score (nSPS) is 11.8. The van der Waals surface area contributed by atoms with Gasteiger partial charge in [0, 0.05) is 13.5 Å². The summed E-state index contributed by atoms with van der Waals surface area (Å²) in [6, 6.07) is 0. The summed E-state index contributed by atoms with van der Waals surface area (Å²) in [6.07, 6.45) is 1.33. The van der Waals surface area contributed by atoms with E-state index in [1.165, 1.54) is 13.5 Å². The van der Waals surface area contributed by atoms with Crippen molar-refractivity contribution in [3.05, 3.63) is 6.42 Å². The summed E-state index contributed by atoms with van der Waals surface area (Å²) < 4.78 is 32.6. The molecule has 0 aromatic carbocycles. The number of methoxy groups -OCH3 is 1. The van der Waals surface area contributed by atoms with Gasteiger partial charge >= 0.3 is 0 Å². The summed E-state index contributed by atoms with van der Waals surface area (Å²) in [5, 5.41) is 0. The van der Waals surface area contributed by atoms with Crippen LogP contribution in [-0.2, 0) is 14.9 Å². The van der Waals surface area contributed by atoms with Crippen LogP contribution in [-0.4, -0.2) is 32.4 Å². The monoisotopic (exact) mass is 153 g/mol. The Kier molecular flexibility index (Phi) is 3.76. The van der Waals surface area contributed by atoms with E-state index >= 15 is 0 Å². The fourth-order valence-corrected chi connectivity index (χ4v) is 0.709. The van der Waals surface area contributed by atoms with E-state index in [-0.39, 0.29) is 12.4 Å². The molecular formula is C4H9O4S. The molecule has 0 aromatic heterocycles. The number of hydrogen-bond acceptors (Lipinski definition) is 3. The van der Waals surface area contributed by atoms with Crippen LogP contribution in [0.15, 0.2) is 0 Å². The SMILES string of the molecule is COC[CH]CS(=O)(=O)O. The summed E-state index contributed by atoms with van der Waals surface area (Å²) in [7, 11) is -2.39. The number of ether oxygens (including phenoxy) is 1. The lowest BCUT2D eigenvalue weighted by atomic mass is 10.5. The zero-order valence-corrected chi connectivity index (χ0v) is 5.89. The van der Waals surface area contributed by atoms with Crippen molar-refractivity contribution >= 4 is 10.1 Å². The maximum Gasteiger partial charge on any atom is 0.265 e. The molecular weight excluding hydrogens is 144 g/mol. The van der Waals surface area contributed by atoms with Gasteiger partial charge in [-0.05, 0) is 0 Å². The van der Waals surface area contributed by atoms with E-state index in [1.807, 2.05) is 0 Å². The van der Waals surface area contributed by atoms with Gasteiger partial charge in [-0.15, -0.1) is 0 Å². The second kappa shape index (κ2) is 3.81. The molecule has 4 nitrogen and oxygen atoms in total. The maximum absolute atomic E-state index is 9.97. The highest BCUT2D eigenvalue weighted by Gasteiger charge is 2.01. The summed E-state index contributed by atoms with van der Waals surface area (Å²) >= 11 is 0. The molecule has 55 valence electrons. The lowest BCUT2D eigenvalue weighted by molar-refractivity contribution is 0.223. The van der Waals surface area contributed by atoms with Gasteiger partial charge in [-0.2, -0.15) is 8.42 Å². The van der Waals surface area contributed by atoms with E-state index in [2.05, 4.69) is 4.74 Å². The van der Waals surface area contributed by atoms with Crippen LogP contribution < -0.4 is 0 Å². The van der Waals surface area contributed by atoms with Gasteiger partial charge in [-0.25, -0.2) is 0 Å². The topological polar surface area (TPSA) is 63.6 Å². The van der Waals surface area contributed by atoms with Gasteiger partial charge in [0.1, 0.15) is 0 Å². The molecule has 0 amide bonds. The van der Waals surface area contributed by atoms with Crippen LogP contribution in [0.25, 0.3) is 0 Å². The Labute approximate surface area is 54.6 Å². The molecule has 5 heteroatoms. The third kappa shape index (κ3) is 7.87. The van der Waals surface area contributed by atoms with Crippen LogP contribution in [0.5, 0.6) is 0 Å². The van der Waals surface area contributed by atoms with Gasteiger partial charge in [0.25, 0.3) is 10.1 Å². The zero-order valence-electron chi connectivity index (χ0n) is 5.07. The molecule has 9 heavy (non-hydrogen) atoms. The summed E-state index contributed by atoms with van der Waals surface area (Å²) in [4.78, 5) is 0. The highest BCUT2D eigenvalue weighted by atomic mass is 32.2. The summed E-state index contributed by atoms with van der Waals surface area (Å²) in [5.41, 5.74) is 0. The van der Waals surface area contributed by atoms with Crippen LogP contribution in [0.3, 0.4) is 0 Å². The minimum absolute atomic E-state index is 0.236. The molecule has 0 spiro atoms. The van der Waals surface area contributed by atoms with Crippen LogP contribution in [0.1, 0.15) is 0 Å². The van der Waals surface area contributed by atoms with E-state index in [4.69, 9.17) is 4.55 Å². The molecule has 0 unspecified atom stereocenters. The molecule has 0 aromatic rings. The third-order valence-electron chi connectivity index (χ3n) is 0.613. The predicted molar refractivity (Wildman–Crippen MR) is 32.6 cm³/mol. The van der Waals surface area contributed by atoms with Crippen molar-refractivity contribution in [2.75, 3.05) is 19.5 Å². The fraction of sp³-hybridized carbons (Fsp3) is 0.750. The van der Waals surface area contributed by atoms with Crippen molar-refractivity contribution in [3.63, 3.8) is 0 Å². The van der Waals surface area contributed by atoms with Crippen molar-refractivity contribution in [3.8, 4) is 0 Å². The molecule has 0 saturated carbocycles. The Balaban J connectivity index is 3.30. The van der Waals surface area contributed by atoms with Crippen LogP contribution in [0.2, 0.25) is 0 Å². The van der Waals surface area contributed by atoms with E-state index in [9.17, 15) is 8.42 Å². The minimum Gasteiger partial charge on any atom is -0.384 e. The second-order valence-corrected chi connectivity index (χ2v) is 2.99. The van der Waals surface area contributed by atoms with Crippen LogP contribution in [0, 0.1) is 6.42 Å². The van der Waals surface area contributed by atoms with Crippen molar-refractivity contribution in [2.24, 2.45) is 0 Å². The predicted octanol–water partition coefficient (Wildman–Crippen LogP) is -0.275. The first-order valence-electron chi connectivity index (χ1n) is 2.32. The van der Waals surface area contributed by atoms with Crippen LogP contribution in [0.4, 0.5) is 0 Å². The van der Waals surface area contributed by atoms with Crippen molar-refractivity contribution in [1.29, 1.82) is 0 Å². The Hall–Kier alpha value is -0.130. The summed E-state index contributed by atoms with van der Waals surface area (Å²) in [5.74, 6) is -0.346. The Bertz CT molecular complexity index is 148. The molecule has 0 bridgehead atoms. The molecule has 0 aliphatic heterocycles. The first-order chi connectivity index (χ1) is 4.06. The van der Waals surface area contributed by atoms with E-state index in [1.54, 1.807) is 0 Å². The summed E-state index contributed by atoms with van der Waals surface area (Å²) in [6.45, 7) is 0.236. The van der Waals surface area contributed by atoms with Gasteiger partial charge in [0.05, 0.1) is 12.4 Å². The van der Waals surface area contributed by atoms with Crippen molar-refractivity contribution in [1.82, 2.24) is 0 Å². The molecule has 0 aliphatic rings. The standard InChI is InChI=1S/C4H9O4S/c1-8-3-2-4-9(5,6)7/h2H,3-4H2,1H3,(H,5,6,7). The molecule has 0 aliphatic carbocycles. The quantitative estimate of drug-likeness (QED) is 0.446. The van der Waals surface area contributed by atoms with E-state index in [0.29, 0.717) is 0 Å². The Morgan fingerprint density at radius 2 is 2.22 bits per heavy atom. The van der Waals surface area contributed by atoms with E-state index < -0.39 is 10.1 Å². The molecule has 0 saturated heterocycles.